The molecule has 0 saturated heterocycles. The van der Waals surface area contributed by atoms with Crippen LogP contribution in [0.25, 0.3) is 5.57 Å². The van der Waals surface area contributed by atoms with Gasteiger partial charge in [0.15, 0.2) is 5.16 Å². The summed E-state index contributed by atoms with van der Waals surface area (Å²) in [7, 11) is 0. The molecule has 3 nitrogen and oxygen atoms in total. The lowest BCUT2D eigenvalue weighted by Crippen LogP contribution is -2.15. The molecule has 1 aromatic carbocycles. The molecule has 1 aromatic heterocycles. The quantitative estimate of drug-likeness (QED) is 0.692. The van der Waals surface area contributed by atoms with Crippen LogP contribution in [-0.4, -0.2) is 16.2 Å². The van der Waals surface area contributed by atoms with Crippen LogP contribution in [0.2, 0.25) is 0 Å². The zero-order valence-electron chi connectivity index (χ0n) is 10.7. The third kappa shape index (κ3) is 2.76. The average molecular weight is 276 g/mol. The number of thioether (sulfide) groups is 1. The predicted octanol–water partition coefficient (Wildman–Crippen LogP) is 3.00. The van der Waals surface area contributed by atoms with Crippen molar-refractivity contribution >= 4 is 17.3 Å². The third-order valence-electron chi connectivity index (χ3n) is 2.80. The van der Waals surface area contributed by atoms with Gasteiger partial charge in [0.2, 0.25) is 0 Å². The van der Waals surface area contributed by atoms with Crippen LogP contribution in [0.15, 0.2) is 40.8 Å². The van der Waals surface area contributed by atoms with Crippen LogP contribution in [0.1, 0.15) is 16.8 Å². The first-order chi connectivity index (χ1) is 9.02. The molecule has 2 rings (SSSR count). The number of rotatable bonds is 3. The van der Waals surface area contributed by atoms with Crippen LogP contribution in [-0.2, 0) is 0 Å². The SMILES string of the molecule is C=C(c1ccc(F)cc1)c1nc(SC)[nH]c(=O)c1C. The van der Waals surface area contributed by atoms with Crippen LogP contribution in [0.4, 0.5) is 4.39 Å². The molecular weight excluding hydrogens is 263 g/mol. The first kappa shape index (κ1) is 13.5. The maximum atomic E-state index is 12.9. The molecule has 0 bridgehead atoms. The second kappa shape index (κ2) is 5.40. The Morgan fingerprint density at radius 2 is 2.00 bits per heavy atom. The van der Waals surface area contributed by atoms with Gasteiger partial charge in [-0.05, 0) is 30.9 Å². The fraction of sp³-hybridized carbons (Fsp3) is 0.143. The Kier molecular flexibility index (Phi) is 3.85. The summed E-state index contributed by atoms with van der Waals surface area (Å²) in [4.78, 5) is 18.8. The fourth-order valence-corrected chi connectivity index (χ4v) is 2.07. The molecule has 5 heteroatoms. The summed E-state index contributed by atoms with van der Waals surface area (Å²) >= 11 is 1.35. The van der Waals surface area contributed by atoms with Gasteiger partial charge in [-0.1, -0.05) is 30.5 Å². The summed E-state index contributed by atoms with van der Waals surface area (Å²) in [5.41, 5.74) is 2.22. The van der Waals surface area contributed by atoms with Gasteiger partial charge in [-0.15, -0.1) is 0 Å². The number of benzene rings is 1. The van der Waals surface area contributed by atoms with Gasteiger partial charge in [0.1, 0.15) is 5.82 Å². The minimum Gasteiger partial charge on any atom is -0.301 e. The zero-order chi connectivity index (χ0) is 14.0. The Labute approximate surface area is 114 Å². The molecule has 0 unspecified atom stereocenters. The first-order valence-electron chi connectivity index (χ1n) is 5.63. The largest absolute Gasteiger partial charge is 0.301 e. The highest BCUT2D eigenvalue weighted by atomic mass is 32.2. The average Bonchev–Trinajstić information content (AvgIpc) is 2.41. The minimum atomic E-state index is -0.308. The highest BCUT2D eigenvalue weighted by molar-refractivity contribution is 7.98. The second-order valence-corrected chi connectivity index (χ2v) is 4.83. The topological polar surface area (TPSA) is 45.8 Å². The zero-order valence-corrected chi connectivity index (χ0v) is 11.5. The monoisotopic (exact) mass is 276 g/mol. The molecule has 1 N–H and O–H groups in total. The molecule has 1 heterocycles. The lowest BCUT2D eigenvalue weighted by molar-refractivity contribution is 0.627. The number of nitrogens with zero attached hydrogens (tertiary/aromatic N) is 1. The van der Waals surface area contributed by atoms with Gasteiger partial charge in [0.05, 0.1) is 5.69 Å². The minimum absolute atomic E-state index is 0.183. The van der Waals surface area contributed by atoms with E-state index in [2.05, 4.69) is 16.5 Å². The Bertz CT molecular complexity index is 677. The van der Waals surface area contributed by atoms with Crippen LogP contribution < -0.4 is 5.56 Å². The number of aromatic amines is 1. The van der Waals surface area contributed by atoms with Crippen LogP contribution >= 0.6 is 11.8 Å². The van der Waals surface area contributed by atoms with Crippen molar-refractivity contribution in [3.05, 3.63) is 63.8 Å². The van der Waals surface area contributed by atoms with E-state index < -0.39 is 0 Å². The van der Waals surface area contributed by atoms with Gasteiger partial charge in [-0.3, -0.25) is 4.79 Å². The second-order valence-electron chi connectivity index (χ2n) is 4.03. The first-order valence-corrected chi connectivity index (χ1v) is 6.85. The molecule has 0 saturated carbocycles. The number of hydrogen-bond donors (Lipinski definition) is 1. The molecule has 0 fully saturated rings. The lowest BCUT2D eigenvalue weighted by atomic mass is 10.0. The van der Waals surface area contributed by atoms with Crippen molar-refractivity contribution in [2.45, 2.75) is 12.1 Å². The maximum absolute atomic E-state index is 12.9. The summed E-state index contributed by atoms with van der Waals surface area (Å²) in [5.74, 6) is -0.308. The van der Waals surface area contributed by atoms with Crippen molar-refractivity contribution in [2.24, 2.45) is 0 Å². The molecule has 0 atom stereocenters. The van der Waals surface area contributed by atoms with Gasteiger partial charge in [0, 0.05) is 11.1 Å². The highest BCUT2D eigenvalue weighted by Crippen LogP contribution is 2.22. The number of H-pyrrole nitrogens is 1. The van der Waals surface area contributed by atoms with Crippen molar-refractivity contribution in [1.82, 2.24) is 9.97 Å². The van der Waals surface area contributed by atoms with Gasteiger partial charge < -0.3 is 4.98 Å². The lowest BCUT2D eigenvalue weighted by Gasteiger charge is -2.09. The van der Waals surface area contributed by atoms with Crippen molar-refractivity contribution in [3.8, 4) is 0 Å². The predicted molar refractivity (Wildman–Crippen MR) is 75.9 cm³/mol. The number of aromatic nitrogens is 2. The van der Waals surface area contributed by atoms with Gasteiger partial charge >= 0.3 is 0 Å². The Hall–Kier alpha value is -1.88. The van der Waals surface area contributed by atoms with Crippen LogP contribution in [0, 0.1) is 12.7 Å². The highest BCUT2D eigenvalue weighted by Gasteiger charge is 2.12. The van der Waals surface area contributed by atoms with Crippen molar-refractivity contribution in [3.63, 3.8) is 0 Å². The van der Waals surface area contributed by atoms with Gasteiger partial charge in [0.25, 0.3) is 5.56 Å². The Morgan fingerprint density at radius 1 is 1.37 bits per heavy atom. The van der Waals surface area contributed by atoms with E-state index in [1.54, 1.807) is 19.1 Å². The van der Waals surface area contributed by atoms with E-state index in [9.17, 15) is 9.18 Å². The van der Waals surface area contributed by atoms with E-state index in [4.69, 9.17) is 0 Å². The normalized spacial score (nSPS) is 10.5. The number of halogens is 1. The van der Waals surface area contributed by atoms with E-state index in [1.165, 1.54) is 23.9 Å². The van der Waals surface area contributed by atoms with E-state index in [1.807, 2.05) is 6.26 Å². The number of hydrogen-bond acceptors (Lipinski definition) is 3. The summed E-state index contributed by atoms with van der Waals surface area (Å²) in [5, 5.41) is 0.536. The third-order valence-corrected chi connectivity index (χ3v) is 3.38. The van der Waals surface area contributed by atoms with E-state index in [0.29, 0.717) is 22.0 Å². The molecule has 0 aliphatic rings. The fourth-order valence-electron chi connectivity index (χ4n) is 1.69. The molecule has 0 amide bonds. The molecule has 0 aliphatic heterocycles. The summed E-state index contributed by atoms with van der Waals surface area (Å²) < 4.78 is 12.9. The molecule has 0 radical (unpaired) electrons. The molecule has 2 aromatic rings. The van der Waals surface area contributed by atoms with Gasteiger partial charge in [-0.2, -0.15) is 0 Å². The summed E-state index contributed by atoms with van der Waals surface area (Å²) in [6.45, 7) is 5.65. The van der Waals surface area contributed by atoms with E-state index >= 15 is 0 Å². The summed E-state index contributed by atoms with van der Waals surface area (Å²) in [6.07, 6.45) is 1.83. The molecule has 19 heavy (non-hydrogen) atoms. The van der Waals surface area contributed by atoms with E-state index in [-0.39, 0.29) is 11.4 Å². The van der Waals surface area contributed by atoms with Gasteiger partial charge in [-0.25, -0.2) is 9.37 Å². The molecule has 0 spiro atoms. The maximum Gasteiger partial charge on any atom is 0.255 e. The van der Waals surface area contributed by atoms with Crippen molar-refractivity contribution in [2.75, 3.05) is 6.26 Å². The van der Waals surface area contributed by atoms with E-state index in [0.717, 1.165) is 5.56 Å². The standard InChI is InChI=1S/C14H13FN2OS/c1-8(10-4-6-11(15)7-5-10)12-9(2)13(18)17-14(16-12)19-3/h4-7H,1H2,2-3H3,(H,16,17,18). The van der Waals surface area contributed by atoms with Crippen LogP contribution in [0.5, 0.6) is 0 Å². The van der Waals surface area contributed by atoms with Crippen molar-refractivity contribution in [1.29, 1.82) is 0 Å². The smallest absolute Gasteiger partial charge is 0.255 e. The Morgan fingerprint density at radius 3 is 2.58 bits per heavy atom. The van der Waals surface area contributed by atoms with Crippen molar-refractivity contribution < 1.29 is 4.39 Å². The Balaban J connectivity index is 2.52. The summed E-state index contributed by atoms with van der Waals surface area (Å²) in [6, 6.07) is 5.97. The molecule has 98 valence electrons. The van der Waals surface area contributed by atoms with Crippen LogP contribution in [0.3, 0.4) is 0 Å². The number of nitrogens with one attached hydrogen (secondary N) is 1. The molecular formula is C14H13FN2OS. The molecule has 0 aliphatic carbocycles.